The number of halogens is 2. The van der Waals surface area contributed by atoms with Crippen LogP contribution < -0.4 is 20.7 Å². The molecule has 0 bridgehead atoms. The molecule has 26 heavy (non-hydrogen) atoms. The van der Waals surface area contributed by atoms with Gasteiger partial charge in [0, 0.05) is 10.2 Å². The Balaban J connectivity index is 1.63. The Morgan fingerprint density at radius 1 is 1.12 bits per heavy atom. The van der Waals surface area contributed by atoms with Crippen LogP contribution in [0, 0.1) is 12.7 Å². The van der Waals surface area contributed by atoms with Crippen molar-refractivity contribution in [2.75, 3.05) is 25.0 Å². The van der Waals surface area contributed by atoms with Gasteiger partial charge in [0.25, 0.3) is 0 Å². The van der Waals surface area contributed by atoms with Crippen LogP contribution in [0.25, 0.3) is 0 Å². The van der Waals surface area contributed by atoms with Gasteiger partial charge in [0.05, 0.1) is 13.1 Å². The third-order valence-corrected chi connectivity index (χ3v) is 3.84. The van der Waals surface area contributed by atoms with E-state index in [-0.39, 0.29) is 31.4 Å². The van der Waals surface area contributed by atoms with Crippen LogP contribution in [-0.2, 0) is 4.79 Å². The van der Waals surface area contributed by atoms with Gasteiger partial charge in [-0.2, -0.15) is 0 Å². The lowest BCUT2D eigenvalue weighted by molar-refractivity contribution is -0.115. The maximum absolute atomic E-state index is 12.8. The highest BCUT2D eigenvalue weighted by atomic mass is 79.9. The van der Waals surface area contributed by atoms with E-state index in [1.54, 1.807) is 6.07 Å². The summed E-state index contributed by atoms with van der Waals surface area (Å²) in [6.07, 6.45) is 0. The number of carbonyl (C=O) groups excluding carboxylic acids is 2. The number of anilines is 1. The van der Waals surface area contributed by atoms with E-state index in [1.807, 2.05) is 19.1 Å². The number of rotatable bonds is 7. The highest BCUT2D eigenvalue weighted by Gasteiger charge is 2.07. The highest BCUT2D eigenvalue weighted by molar-refractivity contribution is 9.10. The minimum Gasteiger partial charge on any atom is -0.492 e. The number of aryl methyl sites for hydroxylation is 1. The molecule has 0 saturated carbocycles. The molecule has 8 heteroatoms. The average Bonchev–Trinajstić information content (AvgIpc) is 2.61. The average molecular weight is 424 g/mol. The summed E-state index contributed by atoms with van der Waals surface area (Å²) in [4.78, 5) is 23.5. The molecule has 2 aromatic rings. The van der Waals surface area contributed by atoms with Crippen LogP contribution in [0.2, 0.25) is 0 Å². The Kier molecular flexibility index (Phi) is 7.40. The number of ether oxygens (including phenoxy) is 1. The molecule has 3 N–H and O–H groups in total. The van der Waals surface area contributed by atoms with E-state index >= 15 is 0 Å². The van der Waals surface area contributed by atoms with E-state index in [1.165, 1.54) is 24.3 Å². The molecular formula is C18H19BrFN3O3. The van der Waals surface area contributed by atoms with Gasteiger partial charge in [-0.3, -0.25) is 4.79 Å². The minimum atomic E-state index is -0.476. The second-order valence-electron chi connectivity index (χ2n) is 5.42. The third kappa shape index (κ3) is 6.72. The van der Waals surface area contributed by atoms with Crippen molar-refractivity contribution >= 4 is 33.6 Å². The first-order valence-corrected chi connectivity index (χ1v) is 8.69. The lowest BCUT2D eigenvalue weighted by atomic mass is 10.2. The maximum Gasteiger partial charge on any atom is 0.315 e. The third-order valence-electron chi connectivity index (χ3n) is 3.34. The van der Waals surface area contributed by atoms with Gasteiger partial charge in [0.2, 0.25) is 5.91 Å². The first-order valence-electron chi connectivity index (χ1n) is 7.90. The second kappa shape index (κ2) is 9.76. The summed E-state index contributed by atoms with van der Waals surface area (Å²) in [6.45, 7) is 2.20. The molecule has 6 nitrogen and oxygen atoms in total. The Labute approximate surface area is 159 Å². The van der Waals surface area contributed by atoms with Crippen molar-refractivity contribution in [1.82, 2.24) is 10.6 Å². The van der Waals surface area contributed by atoms with Gasteiger partial charge in [0.1, 0.15) is 18.2 Å². The Morgan fingerprint density at radius 2 is 1.85 bits per heavy atom. The molecule has 138 valence electrons. The molecule has 0 radical (unpaired) electrons. The summed E-state index contributed by atoms with van der Waals surface area (Å²) < 4.78 is 19.0. The fourth-order valence-electron chi connectivity index (χ4n) is 2.05. The van der Waals surface area contributed by atoms with Crippen molar-refractivity contribution in [1.29, 1.82) is 0 Å². The lowest BCUT2D eigenvalue weighted by Gasteiger charge is -2.11. The van der Waals surface area contributed by atoms with Crippen LogP contribution in [-0.4, -0.2) is 31.6 Å². The first-order chi connectivity index (χ1) is 12.4. The molecule has 0 unspecified atom stereocenters. The Hall–Kier alpha value is -2.61. The zero-order chi connectivity index (χ0) is 18.9. The van der Waals surface area contributed by atoms with Gasteiger partial charge in [-0.05, 0) is 55.0 Å². The molecule has 0 atom stereocenters. The fourth-order valence-corrected chi connectivity index (χ4v) is 2.52. The van der Waals surface area contributed by atoms with Gasteiger partial charge in [-0.15, -0.1) is 0 Å². The van der Waals surface area contributed by atoms with Crippen LogP contribution in [0.15, 0.2) is 46.9 Å². The maximum atomic E-state index is 12.8. The topological polar surface area (TPSA) is 79.5 Å². The van der Waals surface area contributed by atoms with Crippen molar-refractivity contribution in [3.63, 3.8) is 0 Å². The smallest absolute Gasteiger partial charge is 0.315 e. The van der Waals surface area contributed by atoms with E-state index in [0.717, 1.165) is 10.0 Å². The minimum absolute atomic E-state index is 0.153. The summed E-state index contributed by atoms with van der Waals surface area (Å²) >= 11 is 3.36. The molecule has 0 spiro atoms. The lowest BCUT2D eigenvalue weighted by Crippen LogP contribution is -2.41. The zero-order valence-electron chi connectivity index (χ0n) is 14.1. The monoisotopic (exact) mass is 423 g/mol. The van der Waals surface area contributed by atoms with Gasteiger partial charge < -0.3 is 20.7 Å². The van der Waals surface area contributed by atoms with Crippen LogP contribution in [0.5, 0.6) is 5.75 Å². The van der Waals surface area contributed by atoms with Crippen molar-refractivity contribution in [3.05, 3.63) is 58.3 Å². The second-order valence-corrected chi connectivity index (χ2v) is 6.33. The van der Waals surface area contributed by atoms with E-state index in [2.05, 4.69) is 31.9 Å². The number of hydrogen-bond donors (Lipinski definition) is 3. The molecule has 0 heterocycles. The number of hydrogen-bond acceptors (Lipinski definition) is 3. The Morgan fingerprint density at radius 3 is 2.54 bits per heavy atom. The van der Waals surface area contributed by atoms with Crippen molar-refractivity contribution < 1.29 is 18.7 Å². The molecule has 0 aliphatic carbocycles. The van der Waals surface area contributed by atoms with Crippen molar-refractivity contribution in [3.8, 4) is 5.75 Å². The molecule has 2 rings (SSSR count). The molecule has 3 amide bonds. The van der Waals surface area contributed by atoms with Crippen molar-refractivity contribution in [2.45, 2.75) is 6.92 Å². The molecule has 0 aliphatic heterocycles. The van der Waals surface area contributed by atoms with Gasteiger partial charge >= 0.3 is 6.03 Å². The molecule has 0 fully saturated rings. The largest absolute Gasteiger partial charge is 0.492 e. The number of nitrogens with one attached hydrogen (secondary N) is 3. The van der Waals surface area contributed by atoms with Crippen LogP contribution in [0.4, 0.5) is 14.9 Å². The summed E-state index contributed by atoms with van der Waals surface area (Å²) in [6, 6.07) is 10.6. The summed E-state index contributed by atoms with van der Waals surface area (Å²) in [5.74, 6) is -0.155. The standard InChI is InChI=1S/C18H19BrFN3O3/c1-12-10-13(19)2-7-16(12)23-17(24)11-22-18(25)21-8-9-26-15-5-3-14(20)4-6-15/h2-7,10H,8-9,11H2,1H3,(H,23,24)(H2,21,22,25). The Bertz CT molecular complexity index is 769. The normalized spacial score (nSPS) is 10.1. The molecular weight excluding hydrogens is 405 g/mol. The van der Waals surface area contributed by atoms with E-state index in [4.69, 9.17) is 4.74 Å². The summed E-state index contributed by atoms with van der Waals surface area (Å²) in [7, 11) is 0. The van der Waals surface area contributed by atoms with Crippen LogP contribution in [0.1, 0.15) is 5.56 Å². The van der Waals surface area contributed by atoms with Crippen molar-refractivity contribution in [2.24, 2.45) is 0 Å². The van der Waals surface area contributed by atoms with E-state index in [0.29, 0.717) is 11.4 Å². The van der Waals surface area contributed by atoms with Gasteiger partial charge in [-0.1, -0.05) is 15.9 Å². The first kappa shape index (κ1) is 19.7. The molecule has 0 aromatic heterocycles. The SMILES string of the molecule is Cc1cc(Br)ccc1NC(=O)CNC(=O)NCCOc1ccc(F)cc1. The predicted molar refractivity (Wildman–Crippen MR) is 101 cm³/mol. The molecule has 2 aromatic carbocycles. The number of benzene rings is 2. The van der Waals surface area contributed by atoms with Crippen LogP contribution in [0.3, 0.4) is 0 Å². The highest BCUT2D eigenvalue weighted by Crippen LogP contribution is 2.19. The number of carbonyl (C=O) groups is 2. The van der Waals surface area contributed by atoms with Gasteiger partial charge in [-0.25, -0.2) is 9.18 Å². The predicted octanol–water partition coefficient (Wildman–Crippen LogP) is 3.21. The van der Waals surface area contributed by atoms with E-state index in [9.17, 15) is 14.0 Å². The summed E-state index contributed by atoms with van der Waals surface area (Å²) in [5.41, 5.74) is 1.60. The molecule has 0 saturated heterocycles. The number of urea groups is 1. The quantitative estimate of drug-likeness (QED) is 0.598. The molecule has 0 aliphatic rings. The summed E-state index contributed by atoms with van der Waals surface area (Å²) in [5, 5.41) is 7.76. The zero-order valence-corrected chi connectivity index (χ0v) is 15.7. The number of amides is 3. The van der Waals surface area contributed by atoms with Crippen LogP contribution >= 0.6 is 15.9 Å². The van der Waals surface area contributed by atoms with E-state index < -0.39 is 6.03 Å². The fraction of sp³-hybridized carbons (Fsp3) is 0.222. The van der Waals surface area contributed by atoms with Gasteiger partial charge in [0.15, 0.2) is 0 Å².